The lowest BCUT2D eigenvalue weighted by atomic mass is 9.81. The van der Waals surface area contributed by atoms with Gasteiger partial charge in [0.1, 0.15) is 0 Å². The molecule has 0 aromatic heterocycles. The lowest BCUT2D eigenvalue weighted by Crippen LogP contribution is -2.35. The van der Waals surface area contributed by atoms with Crippen molar-refractivity contribution in [2.75, 3.05) is 6.54 Å². The van der Waals surface area contributed by atoms with Gasteiger partial charge < -0.3 is 0 Å². The van der Waals surface area contributed by atoms with Crippen molar-refractivity contribution in [2.24, 2.45) is 11.3 Å². The molecule has 0 fully saturated rings. The summed E-state index contributed by atoms with van der Waals surface area (Å²) < 4.78 is 3.32. The third kappa shape index (κ3) is 6.52. The first-order valence-corrected chi connectivity index (χ1v) is 8.43. The number of rotatable bonds is 9. The van der Waals surface area contributed by atoms with Crippen LogP contribution in [0.4, 0.5) is 0 Å². The maximum atomic E-state index is 6.06. The highest BCUT2D eigenvalue weighted by atomic mass is 127. The van der Waals surface area contributed by atoms with Crippen molar-refractivity contribution < 1.29 is 0 Å². The van der Waals surface area contributed by atoms with Crippen molar-refractivity contribution in [3.8, 4) is 0 Å². The summed E-state index contributed by atoms with van der Waals surface area (Å²) in [6.07, 6.45) is 3.60. The molecule has 0 aliphatic heterocycles. The van der Waals surface area contributed by atoms with E-state index in [1.165, 1.54) is 18.4 Å². The fourth-order valence-electron chi connectivity index (χ4n) is 2.16. The highest BCUT2D eigenvalue weighted by Gasteiger charge is 2.24. The number of hydrazine groups is 1. The Bertz CT molecular complexity index is 367. The fourth-order valence-corrected chi connectivity index (χ4v) is 3.00. The predicted molar refractivity (Wildman–Crippen MR) is 95.3 cm³/mol. The Balaban J connectivity index is 2.21. The van der Waals surface area contributed by atoms with Crippen molar-refractivity contribution in [1.82, 2.24) is 8.54 Å². The standard InChI is InChI=1S/C16H28IN3/c1-14(19-17)16(2,3)11-7-8-12-20(18)13-15-9-5-4-6-10-15/h4-6,9-10,14,19H,7-8,11-13,18H2,1-3H3. The van der Waals surface area contributed by atoms with Gasteiger partial charge in [0.2, 0.25) is 0 Å². The molecule has 0 amide bonds. The van der Waals surface area contributed by atoms with E-state index in [1.807, 2.05) is 11.1 Å². The van der Waals surface area contributed by atoms with Gasteiger partial charge in [0, 0.05) is 42.0 Å². The first kappa shape index (κ1) is 17.9. The summed E-state index contributed by atoms with van der Waals surface area (Å²) in [5.41, 5.74) is 1.61. The molecule has 0 aliphatic carbocycles. The first-order valence-electron chi connectivity index (χ1n) is 7.35. The summed E-state index contributed by atoms with van der Waals surface area (Å²) in [6, 6.07) is 10.9. The van der Waals surface area contributed by atoms with Crippen LogP contribution in [0.2, 0.25) is 0 Å². The molecule has 1 aromatic rings. The Kier molecular flexibility index (Phi) is 8.02. The van der Waals surface area contributed by atoms with Crippen molar-refractivity contribution in [2.45, 2.75) is 52.6 Å². The molecule has 0 aliphatic rings. The van der Waals surface area contributed by atoms with Crippen LogP contribution in [0, 0.1) is 5.41 Å². The number of nitrogens with two attached hydrogens (primary N) is 1. The van der Waals surface area contributed by atoms with E-state index in [1.54, 1.807) is 0 Å². The second-order valence-electron chi connectivity index (χ2n) is 6.23. The molecule has 1 aromatic carbocycles. The zero-order chi connectivity index (χ0) is 15.0. The van der Waals surface area contributed by atoms with E-state index >= 15 is 0 Å². The number of hydrogen-bond acceptors (Lipinski definition) is 3. The monoisotopic (exact) mass is 389 g/mol. The molecule has 1 atom stereocenters. The lowest BCUT2D eigenvalue weighted by Gasteiger charge is -2.31. The van der Waals surface area contributed by atoms with Crippen molar-refractivity contribution in [1.29, 1.82) is 0 Å². The third-order valence-corrected chi connectivity index (χ3v) is 5.02. The first-order chi connectivity index (χ1) is 9.45. The largest absolute Gasteiger partial charge is 0.268 e. The van der Waals surface area contributed by atoms with Gasteiger partial charge in [0.15, 0.2) is 0 Å². The molecule has 0 bridgehead atoms. The van der Waals surface area contributed by atoms with E-state index in [0.29, 0.717) is 11.5 Å². The molecule has 3 nitrogen and oxygen atoms in total. The minimum absolute atomic E-state index is 0.333. The topological polar surface area (TPSA) is 41.3 Å². The van der Waals surface area contributed by atoms with Crippen molar-refractivity contribution in [3.63, 3.8) is 0 Å². The molecule has 1 rings (SSSR count). The Labute approximate surface area is 137 Å². The highest BCUT2D eigenvalue weighted by Crippen LogP contribution is 2.28. The zero-order valence-corrected chi connectivity index (χ0v) is 15.1. The van der Waals surface area contributed by atoms with Crippen molar-refractivity contribution >= 4 is 22.9 Å². The van der Waals surface area contributed by atoms with E-state index in [9.17, 15) is 0 Å². The number of benzene rings is 1. The van der Waals surface area contributed by atoms with Gasteiger partial charge in [-0.2, -0.15) is 0 Å². The van der Waals surface area contributed by atoms with Crippen LogP contribution in [0.25, 0.3) is 0 Å². The molecular formula is C16H28IN3. The minimum atomic E-state index is 0.333. The summed E-state index contributed by atoms with van der Waals surface area (Å²) >= 11 is 2.24. The molecule has 0 radical (unpaired) electrons. The zero-order valence-electron chi connectivity index (χ0n) is 12.9. The number of hydrogen-bond donors (Lipinski definition) is 2. The smallest absolute Gasteiger partial charge is 0.0379 e. The number of nitrogens with zero attached hydrogens (tertiary/aromatic N) is 1. The van der Waals surface area contributed by atoms with Gasteiger partial charge in [0.25, 0.3) is 0 Å². The Morgan fingerprint density at radius 2 is 1.90 bits per heavy atom. The molecule has 1 unspecified atom stereocenters. The van der Waals surface area contributed by atoms with Crippen LogP contribution in [-0.2, 0) is 6.54 Å². The van der Waals surface area contributed by atoms with Gasteiger partial charge in [-0.1, -0.05) is 50.6 Å². The number of halogens is 1. The minimum Gasteiger partial charge on any atom is -0.268 e. The molecule has 0 saturated heterocycles. The third-order valence-electron chi connectivity index (χ3n) is 4.08. The summed E-state index contributed by atoms with van der Waals surface area (Å²) in [7, 11) is 0. The molecule has 3 N–H and O–H groups in total. The molecule has 4 heteroatoms. The summed E-state index contributed by atoms with van der Waals surface area (Å²) in [5.74, 6) is 6.06. The Morgan fingerprint density at radius 3 is 2.50 bits per heavy atom. The maximum Gasteiger partial charge on any atom is 0.0379 e. The summed E-state index contributed by atoms with van der Waals surface area (Å²) in [5, 5.41) is 1.92. The normalized spacial score (nSPS) is 13.7. The highest BCUT2D eigenvalue weighted by molar-refractivity contribution is 14.1. The van der Waals surface area contributed by atoms with Crippen LogP contribution in [0.15, 0.2) is 30.3 Å². The van der Waals surface area contributed by atoms with Gasteiger partial charge in [-0.3, -0.25) is 9.37 Å². The molecule has 0 heterocycles. The van der Waals surface area contributed by atoms with Crippen LogP contribution in [0.3, 0.4) is 0 Å². The average Bonchev–Trinajstić information content (AvgIpc) is 2.43. The van der Waals surface area contributed by atoms with Crippen LogP contribution >= 0.6 is 22.9 Å². The summed E-state index contributed by atoms with van der Waals surface area (Å²) in [6.45, 7) is 8.69. The van der Waals surface area contributed by atoms with E-state index in [0.717, 1.165) is 19.5 Å². The lowest BCUT2D eigenvalue weighted by molar-refractivity contribution is 0.234. The van der Waals surface area contributed by atoms with Crippen LogP contribution in [-0.4, -0.2) is 17.6 Å². The molecular weight excluding hydrogens is 361 g/mol. The van der Waals surface area contributed by atoms with Crippen LogP contribution in [0.5, 0.6) is 0 Å². The van der Waals surface area contributed by atoms with Gasteiger partial charge >= 0.3 is 0 Å². The predicted octanol–water partition coefficient (Wildman–Crippen LogP) is 3.89. The Hall–Kier alpha value is -0.170. The Morgan fingerprint density at radius 1 is 1.25 bits per heavy atom. The van der Waals surface area contributed by atoms with Gasteiger partial charge in [-0.15, -0.1) is 0 Å². The molecule has 0 saturated carbocycles. The van der Waals surface area contributed by atoms with Gasteiger partial charge in [-0.05, 0) is 30.7 Å². The van der Waals surface area contributed by atoms with E-state index in [2.05, 4.69) is 71.4 Å². The van der Waals surface area contributed by atoms with E-state index < -0.39 is 0 Å². The number of nitrogens with one attached hydrogen (secondary N) is 1. The second-order valence-corrected chi connectivity index (χ2v) is 6.86. The average molecular weight is 389 g/mol. The summed E-state index contributed by atoms with van der Waals surface area (Å²) in [4.78, 5) is 0. The van der Waals surface area contributed by atoms with E-state index in [4.69, 9.17) is 5.84 Å². The molecule has 0 spiro atoms. The van der Waals surface area contributed by atoms with E-state index in [-0.39, 0.29) is 0 Å². The quantitative estimate of drug-likeness (QED) is 0.221. The van der Waals surface area contributed by atoms with Crippen LogP contribution < -0.4 is 9.37 Å². The fraction of sp³-hybridized carbons (Fsp3) is 0.625. The van der Waals surface area contributed by atoms with Crippen molar-refractivity contribution in [3.05, 3.63) is 35.9 Å². The molecule has 114 valence electrons. The van der Waals surface area contributed by atoms with Gasteiger partial charge in [0.05, 0.1) is 0 Å². The molecule has 20 heavy (non-hydrogen) atoms. The maximum absolute atomic E-state index is 6.06. The second kappa shape index (κ2) is 8.97. The van der Waals surface area contributed by atoms with Gasteiger partial charge in [-0.25, -0.2) is 5.01 Å². The SMILES string of the molecule is CC(NI)C(C)(C)CCCCN(N)Cc1ccccc1. The van der Waals surface area contributed by atoms with Crippen LogP contribution in [0.1, 0.15) is 45.6 Å². The number of unbranched alkanes of at least 4 members (excludes halogenated alkanes) is 1.